The zero-order valence-corrected chi connectivity index (χ0v) is 13.8. The maximum absolute atomic E-state index is 6.14. The summed E-state index contributed by atoms with van der Waals surface area (Å²) in [4.78, 5) is 13.8. The number of rotatable bonds is 2. The quantitative estimate of drug-likeness (QED) is 0.923. The van der Waals surface area contributed by atoms with Gasteiger partial charge in [0.1, 0.15) is 16.5 Å². The zero-order valence-electron chi connectivity index (χ0n) is 13.0. The van der Waals surface area contributed by atoms with Crippen molar-refractivity contribution in [3.05, 3.63) is 16.3 Å². The van der Waals surface area contributed by atoms with E-state index in [4.69, 9.17) is 15.5 Å². The molecule has 0 aromatic carbocycles. The Hall–Kier alpha value is -1.24. The number of anilines is 1. The maximum Gasteiger partial charge on any atom is 0.146 e. The van der Waals surface area contributed by atoms with Gasteiger partial charge in [-0.15, -0.1) is 11.3 Å². The molecule has 1 aliphatic rings. The van der Waals surface area contributed by atoms with Crippen molar-refractivity contribution >= 4 is 27.4 Å². The topological polar surface area (TPSA) is 64.3 Å². The van der Waals surface area contributed by atoms with Gasteiger partial charge in [0.2, 0.25) is 0 Å². The molecule has 0 bridgehead atoms. The van der Waals surface area contributed by atoms with E-state index in [0.29, 0.717) is 5.82 Å². The highest BCUT2D eigenvalue weighted by molar-refractivity contribution is 7.18. The predicted molar refractivity (Wildman–Crippen MR) is 86.6 cm³/mol. The summed E-state index contributed by atoms with van der Waals surface area (Å²) in [5.41, 5.74) is 7.34. The predicted octanol–water partition coefficient (Wildman–Crippen LogP) is 2.50. The summed E-state index contributed by atoms with van der Waals surface area (Å²) >= 11 is 1.70. The smallest absolute Gasteiger partial charge is 0.146 e. The van der Waals surface area contributed by atoms with Crippen LogP contribution in [0, 0.1) is 13.8 Å². The van der Waals surface area contributed by atoms with Gasteiger partial charge in [-0.1, -0.05) is 0 Å². The van der Waals surface area contributed by atoms with Crippen LogP contribution in [0.1, 0.15) is 30.1 Å². The summed E-state index contributed by atoms with van der Waals surface area (Å²) in [6.45, 7) is 10.9. The second-order valence-electron chi connectivity index (χ2n) is 5.94. The molecule has 6 heteroatoms. The third kappa shape index (κ3) is 2.88. The lowest BCUT2D eigenvalue weighted by molar-refractivity contribution is -0.0710. The number of hydrogen-bond donors (Lipinski definition) is 1. The molecule has 3 rings (SSSR count). The van der Waals surface area contributed by atoms with E-state index >= 15 is 0 Å². The molecule has 3 heterocycles. The van der Waals surface area contributed by atoms with E-state index in [1.165, 1.54) is 10.4 Å². The van der Waals surface area contributed by atoms with Crippen LogP contribution in [-0.2, 0) is 11.3 Å². The van der Waals surface area contributed by atoms with Crippen LogP contribution in [0.25, 0.3) is 10.2 Å². The van der Waals surface area contributed by atoms with Gasteiger partial charge in [-0.2, -0.15) is 0 Å². The fourth-order valence-electron chi connectivity index (χ4n) is 3.01. The van der Waals surface area contributed by atoms with E-state index in [-0.39, 0.29) is 12.2 Å². The lowest BCUT2D eigenvalue weighted by atomic mass is 10.2. The Balaban J connectivity index is 1.87. The van der Waals surface area contributed by atoms with E-state index < -0.39 is 0 Å². The molecular weight excluding hydrogens is 284 g/mol. The van der Waals surface area contributed by atoms with Crippen LogP contribution in [0.5, 0.6) is 0 Å². The molecule has 2 atom stereocenters. The minimum Gasteiger partial charge on any atom is -0.383 e. The molecule has 2 unspecified atom stereocenters. The Morgan fingerprint density at radius 2 is 1.90 bits per heavy atom. The Bertz CT molecular complexity index is 659. The van der Waals surface area contributed by atoms with E-state index in [0.717, 1.165) is 35.7 Å². The molecule has 21 heavy (non-hydrogen) atoms. The molecule has 1 aliphatic heterocycles. The van der Waals surface area contributed by atoms with Gasteiger partial charge < -0.3 is 10.5 Å². The average molecular weight is 306 g/mol. The summed E-state index contributed by atoms with van der Waals surface area (Å²) in [6.07, 6.45) is 0.502. The SMILES string of the molecule is Cc1sc2nc(CN3CC(C)OC(C)C3)nc(N)c2c1C. The highest BCUT2D eigenvalue weighted by Crippen LogP contribution is 2.32. The van der Waals surface area contributed by atoms with Crippen LogP contribution in [0.2, 0.25) is 0 Å². The third-order valence-electron chi connectivity index (χ3n) is 3.96. The van der Waals surface area contributed by atoms with Gasteiger partial charge in [0.25, 0.3) is 0 Å². The lowest BCUT2D eigenvalue weighted by Crippen LogP contribution is -2.45. The van der Waals surface area contributed by atoms with Crippen LogP contribution in [0.3, 0.4) is 0 Å². The second kappa shape index (κ2) is 5.51. The fraction of sp³-hybridized carbons (Fsp3) is 0.600. The van der Waals surface area contributed by atoms with Crippen molar-refractivity contribution in [2.75, 3.05) is 18.8 Å². The van der Waals surface area contributed by atoms with Gasteiger partial charge in [0.05, 0.1) is 24.1 Å². The van der Waals surface area contributed by atoms with Gasteiger partial charge >= 0.3 is 0 Å². The number of nitrogen functional groups attached to an aromatic ring is 1. The Labute approximate surface area is 129 Å². The Kier molecular flexibility index (Phi) is 3.86. The first-order valence-corrected chi connectivity index (χ1v) is 8.15. The maximum atomic E-state index is 6.14. The highest BCUT2D eigenvalue weighted by Gasteiger charge is 2.23. The van der Waals surface area contributed by atoms with Crippen molar-refractivity contribution in [2.24, 2.45) is 0 Å². The van der Waals surface area contributed by atoms with Crippen molar-refractivity contribution in [1.82, 2.24) is 14.9 Å². The first kappa shape index (κ1) is 14.7. The van der Waals surface area contributed by atoms with E-state index in [2.05, 4.69) is 37.6 Å². The van der Waals surface area contributed by atoms with Crippen LogP contribution in [0.4, 0.5) is 5.82 Å². The highest BCUT2D eigenvalue weighted by atomic mass is 32.1. The van der Waals surface area contributed by atoms with Crippen LogP contribution in [-0.4, -0.2) is 40.2 Å². The molecule has 1 saturated heterocycles. The number of aromatic nitrogens is 2. The molecule has 114 valence electrons. The average Bonchev–Trinajstić information content (AvgIpc) is 2.63. The summed E-state index contributed by atoms with van der Waals surface area (Å²) < 4.78 is 5.76. The van der Waals surface area contributed by atoms with Crippen molar-refractivity contribution in [3.8, 4) is 0 Å². The summed E-state index contributed by atoms with van der Waals surface area (Å²) in [5.74, 6) is 1.41. The number of fused-ring (bicyclic) bond motifs is 1. The molecule has 2 aromatic heterocycles. The number of nitrogens with zero attached hydrogens (tertiary/aromatic N) is 3. The Morgan fingerprint density at radius 1 is 1.24 bits per heavy atom. The standard InChI is InChI=1S/C15H22N4OS/c1-8-5-19(6-9(2)20-8)7-12-17-14(16)13-10(3)11(4)21-15(13)18-12/h8-9H,5-7H2,1-4H3,(H2,16,17,18). The fourth-order valence-corrected chi connectivity index (χ4v) is 4.07. The Morgan fingerprint density at radius 3 is 2.57 bits per heavy atom. The van der Waals surface area contributed by atoms with Crippen molar-refractivity contribution in [3.63, 3.8) is 0 Å². The van der Waals surface area contributed by atoms with Crippen molar-refractivity contribution in [1.29, 1.82) is 0 Å². The van der Waals surface area contributed by atoms with E-state index in [1.807, 2.05) is 0 Å². The summed E-state index contributed by atoms with van der Waals surface area (Å²) in [6, 6.07) is 0. The van der Waals surface area contributed by atoms with Crippen molar-refractivity contribution in [2.45, 2.75) is 46.4 Å². The number of morpholine rings is 1. The van der Waals surface area contributed by atoms with Crippen LogP contribution < -0.4 is 5.73 Å². The number of thiophene rings is 1. The molecule has 2 N–H and O–H groups in total. The summed E-state index contributed by atoms with van der Waals surface area (Å²) in [7, 11) is 0. The lowest BCUT2D eigenvalue weighted by Gasteiger charge is -2.34. The van der Waals surface area contributed by atoms with E-state index in [9.17, 15) is 0 Å². The molecule has 0 aliphatic carbocycles. The van der Waals surface area contributed by atoms with E-state index in [1.54, 1.807) is 11.3 Å². The minimum absolute atomic E-state index is 0.251. The van der Waals surface area contributed by atoms with Gasteiger partial charge in [0.15, 0.2) is 0 Å². The molecule has 2 aromatic rings. The molecule has 0 radical (unpaired) electrons. The summed E-state index contributed by atoms with van der Waals surface area (Å²) in [5, 5.41) is 1.02. The molecule has 0 spiro atoms. The largest absolute Gasteiger partial charge is 0.383 e. The first-order valence-electron chi connectivity index (χ1n) is 7.34. The van der Waals surface area contributed by atoms with Gasteiger partial charge in [-0.25, -0.2) is 9.97 Å². The molecule has 5 nitrogen and oxygen atoms in total. The first-order chi connectivity index (χ1) is 9.94. The number of aryl methyl sites for hydroxylation is 2. The van der Waals surface area contributed by atoms with Crippen LogP contribution in [0.15, 0.2) is 0 Å². The minimum atomic E-state index is 0.251. The van der Waals surface area contributed by atoms with Crippen LogP contribution >= 0.6 is 11.3 Å². The van der Waals surface area contributed by atoms with Crippen molar-refractivity contribution < 1.29 is 4.74 Å². The molecular formula is C15H22N4OS. The monoisotopic (exact) mass is 306 g/mol. The van der Waals surface area contributed by atoms with Gasteiger partial charge in [-0.05, 0) is 33.3 Å². The number of hydrogen-bond acceptors (Lipinski definition) is 6. The second-order valence-corrected chi connectivity index (χ2v) is 7.14. The zero-order chi connectivity index (χ0) is 15.1. The number of ether oxygens (including phenoxy) is 1. The number of nitrogens with two attached hydrogens (primary N) is 1. The van der Waals surface area contributed by atoms with Gasteiger partial charge in [0, 0.05) is 18.0 Å². The van der Waals surface area contributed by atoms with Gasteiger partial charge in [-0.3, -0.25) is 4.90 Å². The normalized spacial score (nSPS) is 23.8. The molecule has 1 fully saturated rings. The molecule has 0 saturated carbocycles. The molecule has 0 amide bonds. The third-order valence-corrected chi connectivity index (χ3v) is 5.06.